The smallest absolute Gasteiger partial charge is 0.257 e. The number of aliphatic hydroxyl groups is 1. The van der Waals surface area contributed by atoms with Crippen molar-refractivity contribution in [1.82, 2.24) is 9.97 Å². The van der Waals surface area contributed by atoms with E-state index in [0.717, 1.165) is 11.0 Å². The quantitative estimate of drug-likeness (QED) is 0.764. The molecule has 5 heteroatoms. The first-order chi connectivity index (χ1) is 9.79. The van der Waals surface area contributed by atoms with Crippen LogP contribution in [0.25, 0.3) is 11.0 Å². The van der Waals surface area contributed by atoms with E-state index < -0.39 is 12.5 Å². The van der Waals surface area contributed by atoms with Gasteiger partial charge in [-0.1, -0.05) is 18.2 Å². The number of rotatable bonds is 3. The Labute approximate surface area is 115 Å². The molecular weight excluding hydrogens is 254 g/mol. The lowest BCUT2D eigenvalue weighted by atomic mass is 10.2. The van der Waals surface area contributed by atoms with E-state index in [-0.39, 0.29) is 0 Å². The molecule has 100 valence electrons. The third-order valence-electron chi connectivity index (χ3n) is 3.04. The van der Waals surface area contributed by atoms with E-state index in [9.17, 15) is 9.90 Å². The first kappa shape index (κ1) is 12.4. The molecule has 0 aliphatic heterocycles. The van der Waals surface area contributed by atoms with E-state index in [2.05, 4.69) is 9.97 Å². The van der Waals surface area contributed by atoms with E-state index in [4.69, 9.17) is 0 Å². The molecular formula is C15H13N3O2. The van der Waals surface area contributed by atoms with Crippen LogP contribution >= 0.6 is 0 Å². The third kappa shape index (κ3) is 2.15. The number of hydrogen-bond acceptors (Lipinski definition) is 3. The maximum Gasteiger partial charge on any atom is 0.257 e. The summed E-state index contributed by atoms with van der Waals surface area (Å²) in [7, 11) is 0. The fourth-order valence-electron chi connectivity index (χ4n) is 2.14. The Morgan fingerprint density at radius 1 is 1.20 bits per heavy atom. The van der Waals surface area contributed by atoms with Gasteiger partial charge in [0, 0.05) is 17.3 Å². The van der Waals surface area contributed by atoms with Crippen LogP contribution in [0, 0.1) is 0 Å². The van der Waals surface area contributed by atoms with Gasteiger partial charge in [0.15, 0.2) is 0 Å². The number of nitrogens with one attached hydrogen (secondary N) is 1. The van der Waals surface area contributed by atoms with Crippen LogP contribution in [0.3, 0.4) is 0 Å². The molecule has 5 nitrogen and oxygen atoms in total. The molecule has 2 aromatic heterocycles. The van der Waals surface area contributed by atoms with Crippen LogP contribution in [0.2, 0.25) is 0 Å². The highest BCUT2D eigenvalue weighted by Gasteiger charge is 2.17. The van der Waals surface area contributed by atoms with Gasteiger partial charge in [0.2, 0.25) is 0 Å². The minimum Gasteiger partial charge on any atom is -0.387 e. The largest absolute Gasteiger partial charge is 0.387 e. The molecule has 0 aliphatic carbocycles. The van der Waals surface area contributed by atoms with Gasteiger partial charge in [-0.15, -0.1) is 0 Å². The molecule has 0 radical (unpaired) electrons. The van der Waals surface area contributed by atoms with Gasteiger partial charge in [-0.25, -0.2) is 4.98 Å². The Morgan fingerprint density at radius 3 is 2.75 bits per heavy atom. The second kappa shape index (κ2) is 5.14. The van der Waals surface area contributed by atoms with Crippen molar-refractivity contribution in [1.29, 1.82) is 0 Å². The summed E-state index contributed by atoms with van der Waals surface area (Å²) in [5, 5.41) is 10.1. The number of aromatic amines is 1. The number of pyridine rings is 1. The number of aromatic nitrogens is 2. The van der Waals surface area contributed by atoms with Crippen LogP contribution in [-0.4, -0.2) is 27.6 Å². The van der Waals surface area contributed by atoms with Gasteiger partial charge in [-0.05, 0) is 24.3 Å². The average Bonchev–Trinajstić information content (AvgIpc) is 2.96. The van der Waals surface area contributed by atoms with Crippen molar-refractivity contribution in [2.75, 3.05) is 11.5 Å². The third-order valence-corrected chi connectivity index (χ3v) is 3.04. The molecule has 3 aromatic rings. The van der Waals surface area contributed by atoms with Crippen LogP contribution in [0.4, 0.5) is 11.4 Å². The highest BCUT2D eigenvalue weighted by Crippen LogP contribution is 2.27. The number of H-pyrrole nitrogens is 1. The van der Waals surface area contributed by atoms with Crippen LogP contribution in [0.15, 0.2) is 54.9 Å². The molecule has 0 saturated carbocycles. The molecule has 0 bridgehead atoms. The molecule has 0 atom stereocenters. The number of amides is 1. The summed E-state index contributed by atoms with van der Waals surface area (Å²) in [6, 6.07) is 12.9. The summed E-state index contributed by atoms with van der Waals surface area (Å²) in [4.78, 5) is 20.8. The number of hydrogen-bond donors (Lipinski definition) is 2. The van der Waals surface area contributed by atoms with Gasteiger partial charge in [0.05, 0.1) is 11.9 Å². The predicted octanol–water partition coefficient (Wildman–Crippen LogP) is 2.22. The topological polar surface area (TPSA) is 69.2 Å². The minimum atomic E-state index is -0.555. The number of fused-ring (bicyclic) bond motifs is 1. The molecule has 2 heterocycles. The number of aliphatic hydroxyl groups excluding tert-OH is 1. The van der Waals surface area contributed by atoms with Crippen molar-refractivity contribution in [3.05, 3.63) is 54.9 Å². The monoisotopic (exact) mass is 267 g/mol. The lowest BCUT2D eigenvalue weighted by Crippen LogP contribution is -2.28. The van der Waals surface area contributed by atoms with Crippen LogP contribution in [0.5, 0.6) is 0 Å². The zero-order chi connectivity index (χ0) is 13.9. The maximum absolute atomic E-state index is 12.0. The number of nitrogens with zero attached hydrogens (tertiary/aromatic N) is 2. The summed E-state index contributed by atoms with van der Waals surface area (Å²) < 4.78 is 0. The van der Waals surface area contributed by atoms with Crippen molar-refractivity contribution >= 4 is 28.3 Å². The SMILES string of the molecule is O=C(CO)N(c1ccccc1)c1cnc2[nH]ccc2c1. The van der Waals surface area contributed by atoms with Gasteiger partial charge in [0.1, 0.15) is 12.3 Å². The lowest BCUT2D eigenvalue weighted by Gasteiger charge is -2.21. The molecule has 0 aliphatic rings. The molecule has 0 fully saturated rings. The molecule has 0 spiro atoms. The molecule has 0 unspecified atom stereocenters. The van der Waals surface area contributed by atoms with E-state index in [1.165, 1.54) is 4.90 Å². The van der Waals surface area contributed by atoms with E-state index in [1.54, 1.807) is 12.4 Å². The second-order valence-corrected chi connectivity index (χ2v) is 4.33. The van der Waals surface area contributed by atoms with Crippen molar-refractivity contribution in [3.8, 4) is 0 Å². The number of benzene rings is 1. The number of para-hydroxylation sites is 1. The number of anilines is 2. The minimum absolute atomic E-state index is 0.395. The first-order valence-electron chi connectivity index (χ1n) is 6.21. The molecule has 1 aromatic carbocycles. The van der Waals surface area contributed by atoms with Crippen LogP contribution in [-0.2, 0) is 4.79 Å². The zero-order valence-electron chi connectivity index (χ0n) is 10.7. The summed E-state index contributed by atoms with van der Waals surface area (Å²) >= 11 is 0. The average molecular weight is 267 g/mol. The highest BCUT2D eigenvalue weighted by molar-refractivity contribution is 6.02. The summed E-state index contributed by atoms with van der Waals surface area (Å²) in [5.41, 5.74) is 2.09. The molecule has 2 N–H and O–H groups in total. The molecule has 1 amide bonds. The summed E-state index contributed by atoms with van der Waals surface area (Å²) in [5.74, 6) is -0.395. The van der Waals surface area contributed by atoms with E-state index in [1.807, 2.05) is 42.5 Å². The van der Waals surface area contributed by atoms with Crippen molar-refractivity contribution in [2.45, 2.75) is 0 Å². The van der Waals surface area contributed by atoms with Gasteiger partial charge in [-0.2, -0.15) is 0 Å². The Kier molecular flexibility index (Phi) is 3.18. The van der Waals surface area contributed by atoms with Gasteiger partial charge in [0.25, 0.3) is 5.91 Å². The van der Waals surface area contributed by atoms with Gasteiger partial charge in [-0.3, -0.25) is 9.69 Å². The number of carbonyl (C=O) groups excluding carboxylic acids is 1. The molecule has 20 heavy (non-hydrogen) atoms. The van der Waals surface area contributed by atoms with Crippen molar-refractivity contribution < 1.29 is 9.90 Å². The number of carbonyl (C=O) groups is 1. The Hall–Kier alpha value is -2.66. The fourth-order valence-corrected chi connectivity index (χ4v) is 2.14. The first-order valence-corrected chi connectivity index (χ1v) is 6.21. The van der Waals surface area contributed by atoms with Crippen molar-refractivity contribution in [3.63, 3.8) is 0 Å². The highest BCUT2D eigenvalue weighted by atomic mass is 16.3. The normalized spacial score (nSPS) is 10.7. The summed E-state index contributed by atoms with van der Waals surface area (Å²) in [6.45, 7) is -0.555. The Morgan fingerprint density at radius 2 is 2.00 bits per heavy atom. The maximum atomic E-state index is 12.0. The lowest BCUT2D eigenvalue weighted by molar-refractivity contribution is -0.120. The Bertz CT molecular complexity index is 737. The molecule has 0 saturated heterocycles. The summed E-state index contributed by atoms with van der Waals surface area (Å²) in [6.07, 6.45) is 3.40. The zero-order valence-corrected chi connectivity index (χ0v) is 10.7. The van der Waals surface area contributed by atoms with E-state index in [0.29, 0.717) is 11.4 Å². The second-order valence-electron chi connectivity index (χ2n) is 4.33. The van der Waals surface area contributed by atoms with Gasteiger partial charge >= 0.3 is 0 Å². The van der Waals surface area contributed by atoms with E-state index >= 15 is 0 Å². The van der Waals surface area contributed by atoms with Crippen LogP contribution in [0.1, 0.15) is 0 Å². The molecule has 3 rings (SSSR count). The van der Waals surface area contributed by atoms with Crippen molar-refractivity contribution in [2.24, 2.45) is 0 Å². The van der Waals surface area contributed by atoms with Crippen LogP contribution < -0.4 is 4.90 Å². The standard InChI is InChI=1S/C15H13N3O2/c19-10-14(20)18(12-4-2-1-3-5-12)13-8-11-6-7-16-15(11)17-9-13/h1-9,19H,10H2,(H,16,17). The Balaban J connectivity index is 2.11. The predicted molar refractivity (Wildman–Crippen MR) is 76.8 cm³/mol. The van der Waals surface area contributed by atoms with Gasteiger partial charge < -0.3 is 10.1 Å². The fraction of sp³-hybridized carbons (Fsp3) is 0.0667.